The van der Waals surface area contributed by atoms with E-state index in [1.165, 1.54) is 0 Å². The average molecular weight is 392 g/mol. The van der Waals surface area contributed by atoms with Crippen molar-refractivity contribution in [3.8, 4) is 0 Å². The molecule has 0 saturated carbocycles. The number of anilines is 2. The third-order valence-electron chi connectivity index (χ3n) is 5.24. The zero-order chi connectivity index (χ0) is 20.4. The Kier molecular flexibility index (Phi) is 5.18. The molecule has 1 fully saturated rings. The summed E-state index contributed by atoms with van der Waals surface area (Å²) in [5.41, 5.74) is 7.73. The number of aromatic nitrogens is 2. The third-order valence-corrected chi connectivity index (χ3v) is 5.24. The number of fused-ring (bicyclic) bond motifs is 1. The van der Waals surface area contributed by atoms with Crippen LogP contribution >= 0.6 is 0 Å². The number of nitrogens with zero attached hydrogens (tertiary/aromatic N) is 4. The van der Waals surface area contributed by atoms with Crippen LogP contribution in [0.3, 0.4) is 0 Å². The number of nitrogen functional groups attached to an aromatic ring is 1. The molecule has 2 amide bonds. The van der Waals surface area contributed by atoms with Crippen LogP contribution in [0, 0.1) is 0 Å². The molecule has 1 saturated heterocycles. The van der Waals surface area contributed by atoms with Gasteiger partial charge in [0.25, 0.3) is 5.91 Å². The molecule has 0 radical (unpaired) electrons. The number of carbonyl (C=O) groups is 2. The lowest BCUT2D eigenvalue weighted by Crippen LogP contribution is -2.48. The van der Waals surface area contributed by atoms with E-state index in [4.69, 9.17) is 5.73 Å². The lowest BCUT2D eigenvalue weighted by Gasteiger charge is -2.32. The molecule has 0 aliphatic carbocycles. The first-order chi connectivity index (χ1) is 14.0. The maximum atomic E-state index is 12.8. The highest BCUT2D eigenvalue weighted by molar-refractivity contribution is 6.14. The summed E-state index contributed by atoms with van der Waals surface area (Å²) in [5.74, 6) is -0.213. The molecule has 8 heteroatoms. The summed E-state index contributed by atoms with van der Waals surface area (Å²) >= 11 is 0. The Bertz CT molecular complexity index is 1050. The standard InChI is InChI=1S/C21H24N6O2/c1-25-8-10-26(11-9-25)20(28)14-27-13-15(12-23-27)24-21(29)18-6-2-5-17-16(18)4-3-7-19(17)22/h2-7,12-13H,8-11,14,22H2,1H3,(H,24,29). The van der Waals surface area contributed by atoms with E-state index in [0.29, 0.717) is 16.9 Å². The average Bonchev–Trinajstić information content (AvgIpc) is 3.15. The van der Waals surface area contributed by atoms with Gasteiger partial charge in [0, 0.05) is 49.0 Å². The number of nitrogens with one attached hydrogen (secondary N) is 1. The van der Waals surface area contributed by atoms with E-state index in [1.54, 1.807) is 23.1 Å². The van der Waals surface area contributed by atoms with Crippen molar-refractivity contribution in [2.24, 2.45) is 0 Å². The second kappa shape index (κ2) is 7.92. The maximum absolute atomic E-state index is 12.8. The summed E-state index contributed by atoms with van der Waals surface area (Å²) in [6, 6.07) is 11.0. The molecule has 1 aromatic heterocycles. The van der Waals surface area contributed by atoms with E-state index in [0.717, 1.165) is 37.0 Å². The van der Waals surface area contributed by atoms with E-state index in [1.807, 2.05) is 35.2 Å². The lowest BCUT2D eigenvalue weighted by atomic mass is 10.0. The zero-order valence-corrected chi connectivity index (χ0v) is 16.3. The van der Waals surface area contributed by atoms with Gasteiger partial charge in [0.05, 0.1) is 11.9 Å². The molecule has 0 unspecified atom stereocenters. The Morgan fingerprint density at radius 1 is 1.07 bits per heavy atom. The highest BCUT2D eigenvalue weighted by Gasteiger charge is 2.19. The number of likely N-dealkylation sites (N-methyl/N-ethyl adjacent to an activating group) is 1. The summed E-state index contributed by atoms with van der Waals surface area (Å²) in [5, 5.41) is 8.70. The van der Waals surface area contributed by atoms with Gasteiger partial charge in [0.1, 0.15) is 6.54 Å². The van der Waals surface area contributed by atoms with Crippen LogP contribution in [0.15, 0.2) is 48.8 Å². The van der Waals surface area contributed by atoms with Crippen LogP contribution in [0.2, 0.25) is 0 Å². The fraction of sp³-hybridized carbons (Fsp3) is 0.286. The highest BCUT2D eigenvalue weighted by atomic mass is 16.2. The van der Waals surface area contributed by atoms with Crippen LogP contribution in [-0.4, -0.2) is 64.6 Å². The first-order valence-electron chi connectivity index (χ1n) is 9.58. The lowest BCUT2D eigenvalue weighted by molar-refractivity contribution is -0.133. The van der Waals surface area contributed by atoms with Gasteiger partial charge < -0.3 is 20.9 Å². The van der Waals surface area contributed by atoms with Crippen molar-refractivity contribution in [3.05, 3.63) is 54.4 Å². The smallest absolute Gasteiger partial charge is 0.256 e. The zero-order valence-electron chi connectivity index (χ0n) is 16.3. The molecule has 2 heterocycles. The van der Waals surface area contributed by atoms with Crippen LogP contribution in [0.1, 0.15) is 10.4 Å². The molecule has 3 N–H and O–H groups in total. The minimum Gasteiger partial charge on any atom is -0.398 e. The Hall–Kier alpha value is -3.39. The predicted molar refractivity (Wildman–Crippen MR) is 113 cm³/mol. The summed E-state index contributed by atoms with van der Waals surface area (Å²) in [4.78, 5) is 29.3. The maximum Gasteiger partial charge on any atom is 0.256 e. The molecule has 0 atom stereocenters. The third kappa shape index (κ3) is 4.07. The highest BCUT2D eigenvalue weighted by Crippen LogP contribution is 2.24. The van der Waals surface area contributed by atoms with E-state index in [9.17, 15) is 9.59 Å². The molecule has 150 valence electrons. The number of amides is 2. The van der Waals surface area contributed by atoms with Gasteiger partial charge in [-0.05, 0) is 24.6 Å². The van der Waals surface area contributed by atoms with Crippen molar-refractivity contribution in [1.29, 1.82) is 0 Å². The quantitative estimate of drug-likeness (QED) is 0.658. The van der Waals surface area contributed by atoms with Crippen LogP contribution in [-0.2, 0) is 11.3 Å². The molecule has 2 aromatic carbocycles. The fourth-order valence-corrected chi connectivity index (χ4v) is 3.54. The Labute approximate surface area is 168 Å². The SMILES string of the molecule is CN1CCN(C(=O)Cn2cc(NC(=O)c3cccc4c(N)cccc34)cn2)CC1. The fourth-order valence-electron chi connectivity index (χ4n) is 3.54. The van der Waals surface area contributed by atoms with E-state index in [2.05, 4.69) is 22.4 Å². The number of piperazine rings is 1. The normalized spacial score (nSPS) is 14.9. The number of nitrogens with two attached hydrogens (primary N) is 1. The van der Waals surface area contributed by atoms with Crippen LogP contribution < -0.4 is 11.1 Å². The minimum atomic E-state index is -0.244. The summed E-state index contributed by atoms with van der Waals surface area (Å²) in [6.07, 6.45) is 3.22. The molecular weight excluding hydrogens is 368 g/mol. The minimum absolute atomic E-state index is 0.0311. The Balaban J connectivity index is 1.44. The molecular formula is C21H24N6O2. The molecule has 1 aliphatic heterocycles. The second-order valence-electron chi connectivity index (χ2n) is 7.31. The van der Waals surface area contributed by atoms with Gasteiger partial charge in [-0.1, -0.05) is 24.3 Å². The largest absolute Gasteiger partial charge is 0.398 e. The van der Waals surface area contributed by atoms with Gasteiger partial charge in [-0.25, -0.2) is 0 Å². The van der Waals surface area contributed by atoms with Gasteiger partial charge in [-0.15, -0.1) is 0 Å². The van der Waals surface area contributed by atoms with Gasteiger partial charge in [-0.3, -0.25) is 14.3 Å². The van der Waals surface area contributed by atoms with Crippen molar-refractivity contribution in [1.82, 2.24) is 19.6 Å². The number of rotatable bonds is 4. The molecule has 0 bridgehead atoms. The van der Waals surface area contributed by atoms with Gasteiger partial charge in [-0.2, -0.15) is 5.10 Å². The van der Waals surface area contributed by atoms with Crippen LogP contribution in [0.4, 0.5) is 11.4 Å². The number of hydrogen-bond donors (Lipinski definition) is 2. The van der Waals surface area contributed by atoms with Crippen LogP contribution in [0.5, 0.6) is 0 Å². The van der Waals surface area contributed by atoms with Crippen molar-refractivity contribution in [2.45, 2.75) is 6.54 Å². The molecule has 1 aliphatic rings. The van der Waals surface area contributed by atoms with Crippen molar-refractivity contribution < 1.29 is 9.59 Å². The second-order valence-corrected chi connectivity index (χ2v) is 7.31. The first-order valence-corrected chi connectivity index (χ1v) is 9.58. The molecule has 29 heavy (non-hydrogen) atoms. The Morgan fingerprint density at radius 3 is 2.59 bits per heavy atom. The topological polar surface area (TPSA) is 96.5 Å². The first kappa shape index (κ1) is 18.9. The van der Waals surface area contributed by atoms with E-state index >= 15 is 0 Å². The summed E-state index contributed by atoms with van der Waals surface area (Å²) in [7, 11) is 2.05. The molecule has 3 aromatic rings. The van der Waals surface area contributed by atoms with Gasteiger partial charge in [0.15, 0.2) is 0 Å². The molecule has 0 spiro atoms. The van der Waals surface area contributed by atoms with Crippen LogP contribution in [0.25, 0.3) is 10.8 Å². The summed E-state index contributed by atoms with van der Waals surface area (Å²) < 4.78 is 1.55. The molecule has 4 rings (SSSR count). The van der Waals surface area contributed by atoms with E-state index < -0.39 is 0 Å². The van der Waals surface area contributed by atoms with Crippen molar-refractivity contribution in [3.63, 3.8) is 0 Å². The molecule has 8 nitrogen and oxygen atoms in total. The summed E-state index contributed by atoms with van der Waals surface area (Å²) in [6.45, 7) is 3.36. The van der Waals surface area contributed by atoms with Crippen molar-refractivity contribution >= 4 is 34.0 Å². The monoisotopic (exact) mass is 392 g/mol. The van der Waals surface area contributed by atoms with E-state index in [-0.39, 0.29) is 18.4 Å². The Morgan fingerprint density at radius 2 is 1.79 bits per heavy atom. The van der Waals surface area contributed by atoms with Gasteiger partial charge in [0.2, 0.25) is 5.91 Å². The number of carbonyl (C=O) groups excluding carboxylic acids is 2. The number of benzene rings is 2. The van der Waals surface area contributed by atoms with Gasteiger partial charge >= 0.3 is 0 Å². The predicted octanol–water partition coefficient (Wildman–Crippen LogP) is 1.64. The number of hydrogen-bond acceptors (Lipinski definition) is 5. The van der Waals surface area contributed by atoms with Crippen molar-refractivity contribution in [2.75, 3.05) is 44.3 Å².